The third-order valence-corrected chi connectivity index (χ3v) is 2.88. The summed E-state index contributed by atoms with van der Waals surface area (Å²) in [5, 5.41) is 0. The van der Waals surface area contributed by atoms with Crippen LogP contribution in [0.3, 0.4) is 0 Å². The highest BCUT2D eigenvalue weighted by atomic mass is 16.1. The van der Waals surface area contributed by atoms with Crippen molar-refractivity contribution in [1.82, 2.24) is 4.90 Å². The monoisotopic (exact) mass is 197 g/mol. The standard InChI is InChI=1S/C12H23NO/c1-12(2,3)9-11(14)10-5-7-13(4)8-6-10/h10H,5-9H2,1-4H3. The van der Waals surface area contributed by atoms with Crippen molar-refractivity contribution in [3.05, 3.63) is 0 Å². The van der Waals surface area contributed by atoms with E-state index < -0.39 is 0 Å². The third kappa shape index (κ3) is 3.79. The number of rotatable bonds is 2. The zero-order chi connectivity index (χ0) is 10.8. The summed E-state index contributed by atoms with van der Waals surface area (Å²) in [7, 11) is 2.13. The predicted molar refractivity (Wildman–Crippen MR) is 59.3 cm³/mol. The lowest BCUT2D eigenvalue weighted by Crippen LogP contribution is -2.34. The van der Waals surface area contributed by atoms with E-state index in [1.807, 2.05) is 0 Å². The molecule has 82 valence electrons. The largest absolute Gasteiger partial charge is 0.306 e. The molecule has 0 N–H and O–H groups in total. The van der Waals surface area contributed by atoms with Crippen LogP contribution in [-0.4, -0.2) is 30.8 Å². The number of likely N-dealkylation sites (tertiary alicyclic amines) is 1. The van der Waals surface area contributed by atoms with Gasteiger partial charge in [0.2, 0.25) is 0 Å². The molecule has 0 aromatic heterocycles. The number of hydrogen-bond donors (Lipinski definition) is 0. The Morgan fingerprint density at radius 1 is 1.29 bits per heavy atom. The number of carbonyl (C=O) groups is 1. The number of carbonyl (C=O) groups excluding carboxylic acids is 1. The summed E-state index contributed by atoms with van der Waals surface area (Å²) in [6, 6.07) is 0. The van der Waals surface area contributed by atoms with Gasteiger partial charge in [0.25, 0.3) is 0 Å². The van der Waals surface area contributed by atoms with Gasteiger partial charge in [-0.15, -0.1) is 0 Å². The Kier molecular flexibility index (Phi) is 3.71. The molecule has 14 heavy (non-hydrogen) atoms. The van der Waals surface area contributed by atoms with Crippen molar-refractivity contribution < 1.29 is 4.79 Å². The van der Waals surface area contributed by atoms with E-state index in [2.05, 4.69) is 32.7 Å². The summed E-state index contributed by atoms with van der Waals surface area (Å²) >= 11 is 0. The lowest BCUT2D eigenvalue weighted by molar-refractivity contribution is -0.125. The van der Waals surface area contributed by atoms with Crippen molar-refractivity contribution in [3.8, 4) is 0 Å². The van der Waals surface area contributed by atoms with Gasteiger partial charge in [-0.1, -0.05) is 20.8 Å². The average molecular weight is 197 g/mol. The first-order valence-electron chi connectivity index (χ1n) is 5.60. The molecule has 0 saturated carbocycles. The molecule has 2 heteroatoms. The Morgan fingerprint density at radius 2 is 1.79 bits per heavy atom. The van der Waals surface area contributed by atoms with E-state index in [1.54, 1.807) is 0 Å². The lowest BCUT2D eigenvalue weighted by Gasteiger charge is -2.29. The zero-order valence-electron chi connectivity index (χ0n) is 9.97. The minimum Gasteiger partial charge on any atom is -0.306 e. The Morgan fingerprint density at radius 3 is 2.21 bits per heavy atom. The zero-order valence-corrected chi connectivity index (χ0v) is 9.97. The molecule has 0 spiro atoms. The summed E-state index contributed by atoms with van der Waals surface area (Å²) in [5.41, 5.74) is 0.153. The summed E-state index contributed by atoms with van der Waals surface area (Å²) < 4.78 is 0. The minimum atomic E-state index is 0.153. The van der Waals surface area contributed by atoms with E-state index in [0.29, 0.717) is 11.7 Å². The van der Waals surface area contributed by atoms with Crippen LogP contribution in [0, 0.1) is 11.3 Å². The molecule has 0 unspecified atom stereocenters. The van der Waals surface area contributed by atoms with Gasteiger partial charge in [-0.05, 0) is 38.4 Å². The molecule has 0 aromatic carbocycles. The summed E-state index contributed by atoms with van der Waals surface area (Å²) in [4.78, 5) is 14.2. The van der Waals surface area contributed by atoms with Gasteiger partial charge in [-0.2, -0.15) is 0 Å². The maximum atomic E-state index is 11.9. The number of nitrogens with zero attached hydrogens (tertiary/aromatic N) is 1. The van der Waals surface area contributed by atoms with E-state index >= 15 is 0 Å². The highest BCUT2D eigenvalue weighted by molar-refractivity contribution is 5.81. The first kappa shape index (κ1) is 11.7. The Bertz CT molecular complexity index is 197. The molecule has 0 atom stereocenters. The van der Waals surface area contributed by atoms with Crippen molar-refractivity contribution in [3.63, 3.8) is 0 Å². The fourth-order valence-electron chi connectivity index (χ4n) is 2.00. The van der Waals surface area contributed by atoms with Crippen molar-refractivity contribution >= 4 is 5.78 Å². The Labute approximate surface area is 87.7 Å². The molecule has 1 aliphatic heterocycles. The second kappa shape index (κ2) is 4.43. The van der Waals surface area contributed by atoms with Crippen molar-refractivity contribution in [2.24, 2.45) is 11.3 Å². The van der Waals surface area contributed by atoms with Crippen LogP contribution >= 0.6 is 0 Å². The summed E-state index contributed by atoms with van der Waals surface area (Å²) in [6.07, 6.45) is 2.86. The maximum Gasteiger partial charge on any atom is 0.136 e. The molecule has 1 saturated heterocycles. The fraction of sp³-hybridized carbons (Fsp3) is 0.917. The molecular formula is C12H23NO. The Balaban J connectivity index is 2.38. The van der Waals surface area contributed by atoms with Crippen LogP contribution in [0.15, 0.2) is 0 Å². The van der Waals surface area contributed by atoms with Gasteiger partial charge < -0.3 is 4.90 Å². The number of piperidine rings is 1. The van der Waals surface area contributed by atoms with Crippen LogP contribution < -0.4 is 0 Å². The molecule has 0 aliphatic carbocycles. The van der Waals surface area contributed by atoms with Crippen LogP contribution in [-0.2, 0) is 4.79 Å². The highest BCUT2D eigenvalue weighted by Gasteiger charge is 2.26. The van der Waals surface area contributed by atoms with Gasteiger partial charge >= 0.3 is 0 Å². The van der Waals surface area contributed by atoms with Crippen molar-refractivity contribution in [2.45, 2.75) is 40.0 Å². The van der Waals surface area contributed by atoms with Gasteiger partial charge in [0.15, 0.2) is 0 Å². The number of hydrogen-bond acceptors (Lipinski definition) is 2. The van der Waals surface area contributed by atoms with Crippen LogP contribution in [0.2, 0.25) is 0 Å². The predicted octanol–water partition coefficient (Wildman–Crippen LogP) is 2.33. The molecule has 1 fully saturated rings. The molecular weight excluding hydrogens is 174 g/mol. The molecule has 0 bridgehead atoms. The molecule has 1 rings (SSSR count). The Hall–Kier alpha value is -0.370. The van der Waals surface area contributed by atoms with Crippen molar-refractivity contribution in [1.29, 1.82) is 0 Å². The normalized spacial score (nSPS) is 21.1. The first-order chi connectivity index (χ1) is 6.38. The lowest BCUT2D eigenvalue weighted by atomic mass is 9.82. The molecule has 0 amide bonds. The first-order valence-corrected chi connectivity index (χ1v) is 5.60. The van der Waals surface area contributed by atoms with Crippen molar-refractivity contribution in [2.75, 3.05) is 20.1 Å². The molecule has 2 nitrogen and oxygen atoms in total. The van der Waals surface area contributed by atoms with E-state index in [4.69, 9.17) is 0 Å². The van der Waals surface area contributed by atoms with Crippen LogP contribution in [0.25, 0.3) is 0 Å². The maximum absolute atomic E-state index is 11.9. The molecule has 1 heterocycles. The van der Waals surface area contributed by atoms with Gasteiger partial charge in [0, 0.05) is 12.3 Å². The van der Waals surface area contributed by atoms with Gasteiger partial charge in [0.1, 0.15) is 5.78 Å². The van der Waals surface area contributed by atoms with E-state index in [-0.39, 0.29) is 5.41 Å². The van der Waals surface area contributed by atoms with Crippen LogP contribution in [0.4, 0.5) is 0 Å². The highest BCUT2D eigenvalue weighted by Crippen LogP contribution is 2.25. The topological polar surface area (TPSA) is 20.3 Å². The van der Waals surface area contributed by atoms with Gasteiger partial charge in [-0.3, -0.25) is 4.79 Å². The summed E-state index contributed by atoms with van der Waals surface area (Å²) in [6.45, 7) is 8.58. The quantitative estimate of drug-likeness (QED) is 0.677. The second-order valence-corrected chi connectivity index (χ2v) is 5.78. The van der Waals surface area contributed by atoms with Crippen LogP contribution in [0.1, 0.15) is 40.0 Å². The molecule has 0 radical (unpaired) electrons. The second-order valence-electron chi connectivity index (χ2n) is 5.78. The number of Topliss-reactive ketones (excluding diaryl/α,β-unsaturated/α-hetero) is 1. The van der Waals surface area contributed by atoms with Crippen LogP contribution in [0.5, 0.6) is 0 Å². The average Bonchev–Trinajstić information content (AvgIpc) is 2.02. The molecule has 1 aliphatic rings. The van der Waals surface area contributed by atoms with E-state index in [1.165, 1.54) is 0 Å². The minimum absolute atomic E-state index is 0.153. The SMILES string of the molecule is CN1CCC(C(=O)CC(C)(C)C)CC1. The fourth-order valence-corrected chi connectivity index (χ4v) is 2.00. The van der Waals surface area contributed by atoms with Gasteiger partial charge in [-0.25, -0.2) is 0 Å². The third-order valence-electron chi connectivity index (χ3n) is 2.88. The van der Waals surface area contributed by atoms with E-state index in [9.17, 15) is 4.79 Å². The van der Waals surface area contributed by atoms with E-state index in [0.717, 1.165) is 32.4 Å². The number of ketones is 1. The smallest absolute Gasteiger partial charge is 0.136 e. The molecule has 0 aromatic rings. The summed E-state index contributed by atoms with van der Waals surface area (Å²) in [5.74, 6) is 0.816. The van der Waals surface area contributed by atoms with Gasteiger partial charge in [0.05, 0.1) is 0 Å².